The molecule has 66 valence electrons. The van der Waals surface area contributed by atoms with Gasteiger partial charge in [0.2, 0.25) is 0 Å². The summed E-state index contributed by atoms with van der Waals surface area (Å²) in [5.74, 6) is -0.832. The molecule has 1 unspecified atom stereocenters. The smallest absolute Gasteiger partial charge is 0.321 e. The fourth-order valence-electron chi connectivity index (χ4n) is 0.826. The maximum atomic E-state index is 10.8. The van der Waals surface area contributed by atoms with E-state index in [2.05, 4.69) is 31.9 Å². The molecule has 0 aromatic carbocycles. The molecule has 0 spiro atoms. The third-order valence-corrected chi connectivity index (χ3v) is 4.87. The lowest BCUT2D eigenvalue weighted by Gasteiger charge is -2.33. The Morgan fingerprint density at radius 3 is 1.82 bits per heavy atom. The Labute approximate surface area is 83.6 Å². The second-order valence-electron chi connectivity index (χ2n) is 2.93. The number of carboxylic acids is 1. The second-order valence-corrected chi connectivity index (χ2v) is 6.27. The fourth-order valence-corrected chi connectivity index (χ4v) is 1.28. The van der Waals surface area contributed by atoms with Crippen LogP contribution in [-0.2, 0) is 4.79 Å². The minimum Gasteiger partial charge on any atom is -0.480 e. The quantitative estimate of drug-likeness (QED) is 0.811. The Balaban J connectivity index is 4.75. The average Bonchev–Trinajstić information content (AvgIpc) is 1.83. The number of carboxylic acid groups (broad SMARTS) is 1. The van der Waals surface area contributed by atoms with Gasteiger partial charge in [-0.15, -0.1) is 0 Å². The van der Waals surface area contributed by atoms with Crippen LogP contribution >= 0.6 is 31.9 Å². The van der Waals surface area contributed by atoms with Crippen molar-refractivity contribution in [3.63, 3.8) is 0 Å². The van der Waals surface area contributed by atoms with Crippen LogP contribution < -0.4 is 0 Å². The highest BCUT2D eigenvalue weighted by atomic mass is 79.9. The van der Waals surface area contributed by atoms with Crippen molar-refractivity contribution in [1.29, 1.82) is 0 Å². The first kappa shape index (κ1) is 11.4. The lowest BCUT2D eigenvalue weighted by atomic mass is 9.93. The molecular formula is C7H12Br2O2. The number of rotatable bonds is 3. The van der Waals surface area contributed by atoms with Crippen LogP contribution in [0, 0.1) is 0 Å². The Morgan fingerprint density at radius 1 is 1.45 bits per heavy atom. The molecule has 0 amide bonds. The highest BCUT2D eigenvalue weighted by Gasteiger charge is 2.46. The summed E-state index contributed by atoms with van der Waals surface area (Å²) in [6.45, 7) is 5.50. The molecule has 0 fully saturated rings. The van der Waals surface area contributed by atoms with Crippen molar-refractivity contribution in [3.8, 4) is 0 Å². The molecular weight excluding hydrogens is 276 g/mol. The van der Waals surface area contributed by atoms with Gasteiger partial charge < -0.3 is 5.11 Å². The molecule has 1 atom stereocenters. The molecule has 0 aromatic heterocycles. The lowest BCUT2D eigenvalue weighted by molar-refractivity contribution is -0.140. The van der Waals surface area contributed by atoms with E-state index >= 15 is 0 Å². The molecule has 1 N–H and O–H groups in total. The van der Waals surface area contributed by atoms with Crippen LogP contribution in [0.25, 0.3) is 0 Å². The summed E-state index contributed by atoms with van der Waals surface area (Å²) in [6.07, 6.45) is 0.542. The number of hydrogen-bond acceptors (Lipinski definition) is 1. The summed E-state index contributed by atoms with van der Waals surface area (Å²) in [6, 6.07) is 0. The van der Waals surface area contributed by atoms with Gasteiger partial charge in [0.15, 0.2) is 0 Å². The first-order valence-corrected chi connectivity index (χ1v) is 4.95. The van der Waals surface area contributed by atoms with E-state index in [1.807, 2.05) is 20.8 Å². The van der Waals surface area contributed by atoms with Crippen molar-refractivity contribution in [1.82, 2.24) is 0 Å². The van der Waals surface area contributed by atoms with Crippen molar-refractivity contribution in [2.24, 2.45) is 0 Å². The topological polar surface area (TPSA) is 37.3 Å². The van der Waals surface area contributed by atoms with Crippen LogP contribution in [0.2, 0.25) is 0 Å². The van der Waals surface area contributed by atoms with Crippen molar-refractivity contribution in [3.05, 3.63) is 0 Å². The van der Waals surface area contributed by atoms with E-state index in [9.17, 15) is 4.79 Å². The molecule has 0 radical (unpaired) electrons. The molecule has 0 saturated heterocycles. The van der Waals surface area contributed by atoms with E-state index in [0.717, 1.165) is 0 Å². The summed E-state index contributed by atoms with van der Waals surface area (Å²) in [4.78, 5) is 10.8. The van der Waals surface area contributed by atoms with Crippen LogP contribution in [0.4, 0.5) is 0 Å². The summed E-state index contributed by atoms with van der Waals surface area (Å²) in [5, 5.41) is 8.89. The van der Waals surface area contributed by atoms with E-state index < -0.39 is 14.6 Å². The summed E-state index contributed by atoms with van der Waals surface area (Å²) in [7, 11) is 0. The van der Waals surface area contributed by atoms with E-state index in [-0.39, 0.29) is 0 Å². The van der Waals surface area contributed by atoms with E-state index in [4.69, 9.17) is 5.11 Å². The Kier molecular flexibility index (Phi) is 3.57. The Hall–Kier alpha value is 0.430. The lowest BCUT2D eigenvalue weighted by Crippen LogP contribution is -2.46. The molecule has 0 aromatic rings. The van der Waals surface area contributed by atoms with Gasteiger partial charge >= 0.3 is 5.97 Å². The second kappa shape index (κ2) is 3.44. The largest absolute Gasteiger partial charge is 0.480 e. The van der Waals surface area contributed by atoms with Gasteiger partial charge in [0.05, 0.1) is 0 Å². The predicted molar refractivity (Wildman–Crippen MR) is 52.6 cm³/mol. The average molecular weight is 288 g/mol. The van der Waals surface area contributed by atoms with Crippen LogP contribution in [0.3, 0.4) is 0 Å². The van der Waals surface area contributed by atoms with Crippen LogP contribution in [0.15, 0.2) is 0 Å². The number of aliphatic carboxylic acids is 1. The minimum absolute atomic E-state index is 0.444. The number of halogens is 2. The normalized spacial score (nSPS) is 17.5. The highest BCUT2D eigenvalue weighted by molar-refractivity contribution is 9.13. The molecule has 0 bridgehead atoms. The van der Waals surface area contributed by atoms with Gasteiger partial charge in [-0.3, -0.25) is 4.79 Å². The van der Waals surface area contributed by atoms with E-state index in [0.29, 0.717) is 6.42 Å². The zero-order chi connectivity index (χ0) is 9.28. The zero-order valence-corrected chi connectivity index (χ0v) is 9.99. The molecule has 0 rings (SSSR count). The van der Waals surface area contributed by atoms with Gasteiger partial charge in [-0.05, 0) is 20.3 Å². The van der Waals surface area contributed by atoms with Crippen molar-refractivity contribution in [2.75, 3.05) is 0 Å². The molecule has 0 heterocycles. The standard InChI is InChI=1S/C7H12Br2O2/c1-4-7(9,5(10)11)6(2,3)8/h4H2,1-3H3,(H,10,11). The SMILES string of the molecule is CCC(Br)(C(=O)O)C(C)(C)Br. The molecule has 11 heavy (non-hydrogen) atoms. The molecule has 0 saturated carbocycles. The highest BCUT2D eigenvalue weighted by Crippen LogP contribution is 2.40. The van der Waals surface area contributed by atoms with Gasteiger partial charge in [0, 0.05) is 4.32 Å². The van der Waals surface area contributed by atoms with E-state index in [1.165, 1.54) is 0 Å². The Morgan fingerprint density at radius 2 is 1.82 bits per heavy atom. The molecule has 0 aliphatic heterocycles. The fraction of sp³-hybridized carbons (Fsp3) is 0.857. The third-order valence-electron chi connectivity index (χ3n) is 1.77. The third kappa shape index (κ3) is 2.18. The van der Waals surface area contributed by atoms with Gasteiger partial charge in [-0.2, -0.15) is 0 Å². The number of carbonyl (C=O) groups is 1. The first-order chi connectivity index (χ1) is 4.75. The molecule has 0 aliphatic carbocycles. The molecule has 2 nitrogen and oxygen atoms in total. The van der Waals surface area contributed by atoms with Gasteiger partial charge in [0.1, 0.15) is 4.32 Å². The first-order valence-electron chi connectivity index (χ1n) is 3.37. The van der Waals surface area contributed by atoms with Crippen LogP contribution in [0.5, 0.6) is 0 Å². The predicted octanol–water partition coefficient (Wildman–Crippen LogP) is 2.79. The maximum Gasteiger partial charge on any atom is 0.321 e. The van der Waals surface area contributed by atoms with Crippen molar-refractivity contribution in [2.45, 2.75) is 35.8 Å². The number of alkyl halides is 2. The van der Waals surface area contributed by atoms with Crippen LogP contribution in [0.1, 0.15) is 27.2 Å². The van der Waals surface area contributed by atoms with Crippen molar-refractivity contribution < 1.29 is 9.90 Å². The monoisotopic (exact) mass is 286 g/mol. The maximum absolute atomic E-state index is 10.8. The van der Waals surface area contributed by atoms with Gasteiger partial charge in [-0.1, -0.05) is 38.8 Å². The van der Waals surface area contributed by atoms with Gasteiger partial charge in [-0.25, -0.2) is 0 Å². The van der Waals surface area contributed by atoms with Gasteiger partial charge in [0.25, 0.3) is 0 Å². The zero-order valence-electron chi connectivity index (χ0n) is 6.82. The molecule has 4 heteroatoms. The minimum atomic E-state index is -0.875. The number of hydrogen-bond donors (Lipinski definition) is 1. The van der Waals surface area contributed by atoms with E-state index in [1.54, 1.807) is 0 Å². The van der Waals surface area contributed by atoms with Crippen LogP contribution in [-0.4, -0.2) is 19.7 Å². The Bertz CT molecular complexity index is 162. The summed E-state index contributed by atoms with van der Waals surface area (Å²) in [5.41, 5.74) is 0. The summed E-state index contributed by atoms with van der Waals surface area (Å²) >= 11 is 6.56. The summed E-state index contributed by atoms with van der Waals surface area (Å²) < 4.78 is -1.32. The van der Waals surface area contributed by atoms with Crippen molar-refractivity contribution >= 4 is 37.8 Å². The molecule has 0 aliphatic rings.